The lowest BCUT2D eigenvalue weighted by molar-refractivity contribution is 0.552. The van der Waals surface area contributed by atoms with Gasteiger partial charge in [-0.05, 0) is 54.4 Å². The predicted molar refractivity (Wildman–Crippen MR) is 121 cm³/mol. The molecule has 0 saturated carbocycles. The second-order valence-electron chi connectivity index (χ2n) is 7.79. The van der Waals surface area contributed by atoms with Crippen LogP contribution in [0, 0.1) is 5.82 Å². The van der Waals surface area contributed by atoms with Crippen molar-refractivity contribution in [2.45, 2.75) is 24.8 Å². The molecule has 0 aliphatic heterocycles. The molecule has 0 aliphatic rings. The molecule has 8 heteroatoms. The molecule has 5 rings (SSSR count). The third-order valence-corrected chi connectivity index (χ3v) is 6.84. The van der Waals surface area contributed by atoms with Gasteiger partial charge in [0.2, 0.25) is 5.71 Å². The molecule has 2 aromatic carbocycles. The molecule has 32 heavy (non-hydrogen) atoms. The van der Waals surface area contributed by atoms with Crippen LogP contribution < -0.4 is 5.63 Å². The minimum absolute atomic E-state index is 0.0182. The molecule has 6 nitrogen and oxygen atoms in total. The van der Waals surface area contributed by atoms with E-state index < -0.39 is 21.3 Å². The zero-order valence-corrected chi connectivity index (χ0v) is 18.2. The third kappa shape index (κ3) is 3.18. The van der Waals surface area contributed by atoms with Crippen LogP contribution in [-0.4, -0.2) is 24.2 Å². The second kappa shape index (κ2) is 7.27. The van der Waals surface area contributed by atoms with Crippen molar-refractivity contribution >= 4 is 42.7 Å². The van der Waals surface area contributed by atoms with E-state index in [1.165, 1.54) is 12.1 Å². The average molecular weight is 450 g/mol. The van der Waals surface area contributed by atoms with Crippen LogP contribution in [-0.2, 0) is 22.8 Å². The van der Waals surface area contributed by atoms with Gasteiger partial charge in [-0.3, -0.25) is 0 Å². The number of hydrogen-bond acceptors (Lipinski definition) is 5. The van der Waals surface area contributed by atoms with Crippen LogP contribution in [0.5, 0.6) is 0 Å². The number of nitrogens with zero attached hydrogens (tertiary/aromatic N) is 2. The van der Waals surface area contributed by atoms with Crippen LogP contribution in [0.2, 0.25) is 0 Å². The van der Waals surface area contributed by atoms with Gasteiger partial charge >= 0.3 is 5.63 Å². The first kappa shape index (κ1) is 20.4. The molecule has 0 bridgehead atoms. The molecular weight excluding hydrogens is 431 g/mol. The van der Waals surface area contributed by atoms with E-state index in [0.717, 1.165) is 35.2 Å². The second-order valence-corrected chi connectivity index (χ2v) is 9.80. The standard InChI is InChI=1S/C24H19FN2O4S/c1-3-14-6-9-20-18(11-14)21-17-5-4-10-26-23(17)31-24(28)22(21)27(20)13-15-12-16(32(2,29)30)7-8-19(15)25/h4-12H,3,13H2,1-2H3. The first-order chi connectivity index (χ1) is 15.3. The Morgan fingerprint density at radius 2 is 1.91 bits per heavy atom. The van der Waals surface area contributed by atoms with Crippen LogP contribution in [0.4, 0.5) is 4.39 Å². The van der Waals surface area contributed by atoms with Gasteiger partial charge in [-0.2, -0.15) is 0 Å². The van der Waals surface area contributed by atoms with Gasteiger partial charge in [-0.15, -0.1) is 0 Å². The quantitative estimate of drug-likeness (QED) is 0.378. The molecule has 162 valence electrons. The molecule has 0 unspecified atom stereocenters. The Kier molecular flexibility index (Phi) is 4.63. The summed E-state index contributed by atoms with van der Waals surface area (Å²) >= 11 is 0. The van der Waals surface area contributed by atoms with E-state index in [1.54, 1.807) is 16.8 Å². The molecule has 0 aliphatic carbocycles. The summed E-state index contributed by atoms with van der Waals surface area (Å²) in [5, 5.41) is 2.21. The lowest BCUT2D eigenvalue weighted by atomic mass is 10.1. The topological polar surface area (TPSA) is 82.2 Å². The molecule has 0 saturated heterocycles. The molecule has 3 heterocycles. The van der Waals surface area contributed by atoms with Crippen molar-refractivity contribution in [1.29, 1.82) is 0 Å². The van der Waals surface area contributed by atoms with Crippen molar-refractivity contribution in [3.05, 3.63) is 82.1 Å². The summed E-state index contributed by atoms with van der Waals surface area (Å²) in [4.78, 5) is 17.2. The van der Waals surface area contributed by atoms with E-state index in [0.29, 0.717) is 10.8 Å². The van der Waals surface area contributed by atoms with Crippen molar-refractivity contribution < 1.29 is 17.2 Å². The number of fused-ring (bicyclic) bond motifs is 5. The van der Waals surface area contributed by atoms with Gasteiger partial charge in [0, 0.05) is 39.7 Å². The van der Waals surface area contributed by atoms with Crippen LogP contribution in [0.3, 0.4) is 0 Å². The van der Waals surface area contributed by atoms with E-state index in [-0.39, 0.29) is 28.2 Å². The molecule has 0 amide bonds. The highest BCUT2D eigenvalue weighted by molar-refractivity contribution is 7.90. The van der Waals surface area contributed by atoms with Crippen molar-refractivity contribution in [3.63, 3.8) is 0 Å². The number of benzene rings is 2. The molecular formula is C24H19FN2O4S. The highest BCUT2D eigenvalue weighted by Crippen LogP contribution is 2.34. The van der Waals surface area contributed by atoms with Crippen molar-refractivity contribution in [2.75, 3.05) is 6.26 Å². The summed E-state index contributed by atoms with van der Waals surface area (Å²) in [6.45, 7) is 2.01. The third-order valence-electron chi connectivity index (χ3n) is 5.73. The van der Waals surface area contributed by atoms with Gasteiger partial charge in [0.05, 0.1) is 11.4 Å². The fourth-order valence-corrected chi connectivity index (χ4v) is 4.81. The summed E-state index contributed by atoms with van der Waals surface area (Å²) in [6, 6.07) is 13.2. The van der Waals surface area contributed by atoms with E-state index >= 15 is 0 Å². The Balaban J connectivity index is 1.88. The summed E-state index contributed by atoms with van der Waals surface area (Å²) < 4.78 is 45.8. The minimum Gasteiger partial charge on any atom is -0.402 e. The fraction of sp³-hybridized carbons (Fsp3) is 0.167. The fourth-order valence-electron chi connectivity index (χ4n) is 4.14. The Hall–Kier alpha value is -3.52. The van der Waals surface area contributed by atoms with Gasteiger partial charge in [0.15, 0.2) is 9.84 Å². The Labute approximate surface area is 182 Å². The Morgan fingerprint density at radius 1 is 1.09 bits per heavy atom. The lowest BCUT2D eigenvalue weighted by Crippen LogP contribution is -2.10. The highest BCUT2D eigenvalue weighted by atomic mass is 32.2. The molecule has 3 aromatic heterocycles. The zero-order chi connectivity index (χ0) is 22.6. The summed E-state index contributed by atoms with van der Waals surface area (Å²) in [5.41, 5.74) is 1.92. The monoisotopic (exact) mass is 450 g/mol. The number of aryl methyl sites for hydroxylation is 1. The predicted octanol–water partition coefficient (Wildman–Crippen LogP) is 4.45. The van der Waals surface area contributed by atoms with Crippen molar-refractivity contribution in [1.82, 2.24) is 9.55 Å². The number of hydrogen-bond donors (Lipinski definition) is 0. The van der Waals surface area contributed by atoms with Crippen LogP contribution >= 0.6 is 0 Å². The number of sulfone groups is 1. The number of halogens is 1. The maximum atomic E-state index is 14.7. The van der Waals surface area contributed by atoms with Crippen LogP contribution in [0.25, 0.3) is 32.9 Å². The Morgan fingerprint density at radius 3 is 2.66 bits per heavy atom. The van der Waals surface area contributed by atoms with Gasteiger partial charge < -0.3 is 8.98 Å². The van der Waals surface area contributed by atoms with Gasteiger partial charge in [0.25, 0.3) is 0 Å². The maximum Gasteiger partial charge on any atom is 0.362 e. The van der Waals surface area contributed by atoms with E-state index in [1.807, 2.05) is 31.2 Å². The van der Waals surface area contributed by atoms with Crippen molar-refractivity contribution in [3.8, 4) is 0 Å². The average Bonchev–Trinajstić information content (AvgIpc) is 3.09. The van der Waals surface area contributed by atoms with E-state index in [4.69, 9.17) is 4.42 Å². The SMILES string of the molecule is CCc1ccc2c(c1)c1c3cccnc3oc(=O)c1n2Cc1cc(S(C)(=O)=O)ccc1F. The number of rotatable bonds is 4. The summed E-state index contributed by atoms with van der Waals surface area (Å²) in [7, 11) is -3.52. The number of pyridine rings is 1. The lowest BCUT2D eigenvalue weighted by Gasteiger charge is -2.10. The highest BCUT2D eigenvalue weighted by Gasteiger charge is 2.20. The van der Waals surface area contributed by atoms with Crippen LogP contribution in [0.15, 0.2) is 68.8 Å². The molecule has 0 radical (unpaired) electrons. The van der Waals surface area contributed by atoms with Crippen LogP contribution in [0.1, 0.15) is 18.1 Å². The van der Waals surface area contributed by atoms with Gasteiger partial charge in [0.1, 0.15) is 11.3 Å². The molecule has 0 fully saturated rings. The zero-order valence-electron chi connectivity index (χ0n) is 17.4. The van der Waals surface area contributed by atoms with E-state index in [9.17, 15) is 17.6 Å². The number of aromatic nitrogens is 2. The van der Waals surface area contributed by atoms with E-state index in [2.05, 4.69) is 4.98 Å². The maximum absolute atomic E-state index is 14.7. The minimum atomic E-state index is -3.52. The first-order valence-corrected chi connectivity index (χ1v) is 12.0. The molecule has 0 atom stereocenters. The first-order valence-electron chi connectivity index (χ1n) is 10.1. The Bertz CT molecular complexity index is 1700. The van der Waals surface area contributed by atoms with Gasteiger partial charge in [-0.1, -0.05) is 13.0 Å². The smallest absolute Gasteiger partial charge is 0.362 e. The summed E-state index contributed by atoms with van der Waals surface area (Å²) in [6.07, 6.45) is 3.44. The van der Waals surface area contributed by atoms with Crippen molar-refractivity contribution in [2.24, 2.45) is 0 Å². The summed E-state index contributed by atoms with van der Waals surface area (Å²) in [5.74, 6) is -0.551. The van der Waals surface area contributed by atoms with Gasteiger partial charge in [-0.25, -0.2) is 22.6 Å². The molecule has 0 spiro atoms. The molecule has 5 aromatic rings. The normalized spacial score (nSPS) is 12.2. The largest absolute Gasteiger partial charge is 0.402 e. The molecule has 0 N–H and O–H groups in total.